The Hall–Kier alpha value is -3.11. The first-order chi connectivity index (χ1) is 13.6. The van der Waals surface area contributed by atoms with E-state index in [1.807, 2.05) is 49.4 Å². The van der Waals surface area contributed by atoms with Gasteiger partial charge in [-0.1, -0.05) is 66.2 Å². The number of fused-ring (bicyclic) bond motifs is 3. The van der Waals surface area contributed by atoms with E-state index < -0.39 is 0 Å². The van der Waals surface area contributed by atoms with Crippen LogP contribution in [-0.2, 0) is 11.3 Å². The molecule has 1 heterocycles. The number of carbonyl (C=O) groups excluding carboxylic acids is 1. The molecule has 4 aromatic rings. The Bertz CT molecular complexity index is 1140. The zero-order chi connectivity index (χ0) is 19.5. The van der Waals surface area contributed by atoms with Gasteiger partial charge in [-0.2, -0.15) is 5.10 Å². The second kappa shape index (κ2) is 7.87. The van der Waals surface area contributed by atoms with Gasteiger partial charge in [-0.05, 0) is 25.1 Å². The number of hydrogen-bond acceptors (Lipinski definition) is 2. The van der Waals surface area contributed by atoms with Crippen LogP contribution >= 0.6 is 11.6 Å². The minimum Gasteiger partial charge on any atom is -0.340 e. The molecular weight excluding hydrogens is 370 g/mol. The van der Waals surface area contributed by atoms with E-state index >= 15 is 0 Å². The Morgan fingerprint density at radius 2 is 1.50 bits per heavy atom. The first kappa shape index (κ1) is 18.3. The van der Waals surface area contributed by atoms with Crippen LogP contribution in [0.5, 0.6) is 0 Å². The maximum absolute atomic E-state index is 12.4. The molecule has 0 aliphatic rings. The summed E-state index contributed by atoms with van der Waals surface area (Å²) in [5.74, 6) is -0.131. The molecule has 0 fully saturated rings. The Morgan fingerprint density at radius 3 is 2.14 bits per heavy atom. The fraction of sp³-hybridized carbons (Fsp3) is 0.130. The van der Waals surface area contributed by atoms with Crippen molar-refractivity contribution in [3.8, 4) is 0 Å². The van der Waals surface area contributed by atoms with Gasteiger partial charge in [0.2, 0.25) is 5.91 Å². The van der Waals surface area contributed by atoms with Crippen molar-refractivity contribution in [2.75, 3.05) is 0 Å². The number of aryl methyl sites for hydroxylation is 1. The van der Waals surface area contributed by atoms with E-state index in [-0.39, 0.29) is 5.91 Å². The van der Waals surface area contributed by atoms with Crippen LogP contribution in [-0.4, -0.2) is 16.2 Å². The van der Waals surface area contributed by atoms with Gasteiger partial charge in [-0.15, -0.1) is 0 Å². The lowest BCUT2D eigenvalue weighted by atomic mass is 10.1. The van der Waals surface area contributed by atoms with Crippen LogP contribution in [0.4, 0.5) is 0 Å². The average Bonchev–Trinajstić information content (AvgIpc) is 3.05. The normalized spacial score (nSPS) is 11.9. The molecule has 0 aliphatic heterocycles. The molecule has 0 aliphatic carbocycles. The maximum atomic E-state index is 12.4. The second-order valence-corrected chi connectivity index (χ2v) is 7.06. The minimum absolute atomic E-state index is 0.131. The first-order valence-electron chi connectivity index (χ1n) is 9.19. The lowest BCUT2D eigenvalue weighted by Gasteiger charge is -2.08. The lowest BCUT2D eigenvalue weighted by Crippen LogP contribution is -2.20. The molecule has 28 heavy (non-hydrogen) atoms. The molecule has 5 heteroatoms. The lowest BCUT2D eigenvalue weighted by molar-refractivity contribution is -0.121. The van der Waals surface area contributed by atoms with Gasteiger partial charge >= 0.3 is 0 Å². The van der Waals surface area contributed by atoms with E-state index in [2.05, 4.69) is 39.4 Å². The first-order valence-corrected chi connectivity index (χ1v) is 9.57. The summed E-state index contributed by atoms with van der Waals surface area (Å²) in [7, 11) is 0. The van der Waals surface area contributed by atoms with Crippen LogP contribution in [0, 0.1) is 0 Å². The number of nitrogens with zero attached hydrogens (tertiary/aromatic N) is 2. The highest BCUT2D eigenvalue weighted by Gasteiger charge is 2.11. The Labute approximate surface area is 168 Å². The van der Waals surface area contributed by atoms with Crippen molar-refractivity contribution >= 4 is 45.0 Å². The van der Waals surface area contributed by atoms with Crippen LogP contribution in [0.3, 0.4) is 0 Å². The molecule has 0 bridgehead atoms. The number of benzene rings is 3. The van der Waals surface area contributed by atoms with Crippen molar-refractivity contribution in [3.63, 3.8) is 0 Å². The fourth-order valence-electron chi connectivity index (χ4n) is 3.47. The third-order valence-corrected chi connectivity index (χ3v) is 5.18. The fourth-order valence-corrected chi connectivity index (χ4v) is 3.75. The van der Waals surface area contributed by atoms with Gasteiger partial charge in [-0.25, -0.2) is 5.43 Å². The molecule has 0 atom stereocenters. The summed E-state index contributed by atoms with van der Waals surface area (Å²) in [6.45, 7) is 2.41. The summed E-state index contributed by atoms with van der Waals surface area (Å²) in [4.78, 5) is 12.4. The molecule has 4 rings (SSSR count). The summed E-state index contributed by atoms with van der Waals surface area (Å²) < 4.78 is 2.19. The second-order valence-electron chi connectivity index (χ2n) is 6.65. The third-order valence-electron chi connectivity index (χ3n) is 4.85. The van der Waals surface area contributed by atoms with Crippen molar-refractivity contribution in [3.05, 3.63) is 83.4 Å². The maximum Gasteiger partial charge on any atom is 0.241 e. The summed E-state index contributed by atoms with van der Waals surface area (Å²) in [6, 6.07) is 24.0. The highest BCUT2D eigenvalue weighted by atomic mass is 35.5. The number of para-hydroxylation sites is 2. The zero-order valence-corrected chi connectivity index (χ0v) is 16.3. The highest BCUT2D eigenvalue weighted by molar-refractivity contribution is 6.34. The summed E-state index contributed by atoms with van der Waals surface area (Å²) >= 11 is 6.18. The molecule has 1 N–H and O–H groups in total. The van der Waals surface area contributed by atoms with Gasteiger partial charge in [0.1, 0.15) is 0 Å². The smallest absolute Gasteiger partial charge is 0.241 e. The van der Waals surface area contributed by atoms with Gasteiger partial charge in [0.05, 0.1) is 5.71 Å². The topological polar surface area (TPSA) is 46.4 Å². The zero-order valence-electron chi connectivity index (χ0n) is 15.5. The van der Waals surface area contributed by atoms with E-state index in [0.29, 0.717) is 23.7 Å². The number of amides is 1. The molecule has 140 valence electrons. The van der Waals surface area contributed by atoms with Gasteiger partial charge in [-0.3, -0.25) is 4.79 Å². The molecule has 3 aromatic carbocycles. The van der Waals surface area contributed by atoms with Crippen molar-refractivity contribution in [1.82, 2.24) is 9.99 Å². The van der Waals surface area contributed by atoms with Gasteiger partial charge in [0.25, 0.3) is 0 Å². The van der Waals surface area contributed by atoms with E-state index in [1.165, 1.54) is 10.8 Å². The molecular formula is C23H20ClN3O. The number of carbonyl (C=O) groups is 1. The minimum atomic E-state index is -0.131. The highest BCUT2D eigenvalue weighted by Crippen LogP contribution is 2.28. The van der Waals surface area contributed by atoms with Crippen molar-refractivity contribution in [2.45, 2.75) is 19.9 Å². The molecule has 0 unspecified atom stereocenters. The molecule has 0 saturated carbocycles. The van der Waals surface area contributed by atoms with Crippen molar-refractivity contribution in [1.29, 1.82) is 0 Å². The van der Waals surface area contributed by atoms with Gasteiger partial charge in [0, 0.05) is 45.4 Å². The molecule has 0 radical (unpaired) electrons. The average molecular weight is 390 g/mol. The standard InChI is InChI=1S/C23H20ClN3O/c1-16(17-8-2-5-11-20(17)24)25-26-23(28)14-15-27-21-12-6-3-9-18(21)19-10-4-7-13-22(19)27/h2-13H,14-15H2,1H3,(H,26,28)/b25-16-. The Morgan fingerprint density at radius 1 is 0.929 bits per heavy atom. The van der Waals surface area contributed by atoms with E-state index in [0.717, 1.165) is 16.6 Å². The van der Waals surface area contributed by atoms with Crippen molar-refractivity contribution < 1.29 is 4.79 Å². The van der Waals surface area contributed by atoms with E-state index in [4.69, 9.17) is 11.6 Å². The molecule has 0 saturated heterocycles. The predicted octanol–water partition coefficient (Wildman–Crippen LogP) is 5.38. The molecule has 1 aromatic heterocycles. The number of rotatable bonds is 5. The van der Waals surface area contributed by atoms with Gasteiger partial charge in [0.15, 0.2) is 0 Å². The van der Waals surface area contributed by atoms with E-state index in [9.17, 15) is 4.79 Å². The molecule has 4 nitrogen and oxygen atoms in total. The number of hydrazone groups is 1. The number of halogens is 1. The Kier molecular flexibility index (Phi) is 5.13. The largest absolute Gasteiger partial charge is 0.340 e. The third kappa shape index (κ3) is 3.51. The molecule has 1 amide bonds. The quantitative estimate of drug-likeness (QED) is 0.361. The Balaban J connectivity index is 1.51. The number of aromatic nitrogens is 1. The summed E-state index contributed by atoms with van der Waals surface area (Å²) in [5.41, 5.74) is 6.40. The van der Waals surface area contributed by atoms with Crippen LogP contribution in [0.15, 0.2) is 77.9 Å². The van der Waals surface area contributed by atoms with Crippen LogP contribution < -0.4 is 5.43 Å². The SMILES string of the molecule is C/C(=N/NC(=O)CCn1c2ccccc2c2ccccc21)c1ccccc1Cl. The van der Waals surface area contributed by atoms with Crippen LogP contribution in [0.2, 0.25) is 5.02 Å². The summed E-state index contributed by atoms with van der Waals surface area (Å²) in [6.07, 6.45) is 0.335. The van der Waals surface area contributed by atoms with Gasteiger partial charge < -0.3 is 4.57 Å². The number of nitrogens with one attached hydrogen (secondary N) is 1. The number of hydrogen-bond donors (Lipinski definition) is 1. The monoisotopic (exact) mass is 389 g/mol. The van der Waals surface area contributed by atoms with Crippen molar-refractivity contribution in [2.24, 2.45) is 5.10 Å². The van der Waals surface area contributed by atoms with Crippen LogP contribution in [0.1, 0.15) is 18.9 Å². The van der Waals surface area contributed by atoms with Crippen LogP contribution in [0.25, 0.3) is 21.8 Å². The predicted molar refractivity (Wildman–Crippen MR) is 116 cm³/mol. The molecule has 0 spiro atoms. The summed E-state index contributed by atoms with van der Waals surface area (Å²) in [5, 5.41) is 7.22. The van der Waals surface area contributed by atoms with E-state index in [1.54, 1.807) is 6.07 Å².